The third-order valence-corrected chi connectivity index (χ3v) is 6.00. The Kier molecular flexibility index (Phi) is 6.57. The Morgan fingerprint density at radius 3 is 2.24 bits per heavy atom. The zero-order valence-corrected chi connectivity index (χ0v) is 20.6. The second-order valence-corrected chi connectivity index (χ2v) is 9.85. The Morgan fingerprint density at radius 1 is 0.909 bits per heavy atom. The van der Waals surface area contributed by atoms with E-state index in [4.69, 9.17) is 38.2 Å². The quantitative estimate of drug-likeness (QED) is 0.358. The van der Waals surface area contributed by atoms with E-state index in [-0.39, 0.29) is 12.0 Å². The van der Waals surface area contributed by atoms with E-state index in [2.05, 4.69) is 26.8 Å². The van der Waals surface area contributed by atoms with Gasteiger partial charge >= 0.3 is 0 Å². The number of pyridine rings is 1. The van der Waals surface area contributed by atoms with Gasteiger partial charge < -0.3 is 10.0 Å². The summed E-state index contributed by atoms with van der Waals surface area (Å²) >= 11 is 12.7. The highest BCUT2D eigenvalue weighted by Crippen LogP contribution is 2.39. The van der Waals surface area contributed by atoms with Crippen LogP contribution in [0.1, 0.15) is 26.6 Å². The first-order chi connectivity index (χ1) is 15.7. The number of likely N-dealkylation sites (N-methyl/N-ethyl adjacent to an activating group) is 1. The molecule has 0 unspecified atom stereocenters. The van der Waals surface area contributed by atoms with Crippen LogP contribution in [0.3, 0.4) is 0 Å². The number of aliphatic hydroxyl groups excluding tert-OH is 1. The Morgan fingerprint density at radius 2 is 1.61 bits per heavy atom. The van der Waals surface area contributed by atoms with E-state index in [1.807, 2.05) is 60.5 Å². The minimum Gasteiger partial charge on any atom is -0.395 e. The van der Waals surface area contributed by atoms with E-state index in [0.29, 0.717) is 28.1 Å². The van der Waals surface area contributed by atoms with Crippen LogP contribution in [0.25, 0.3) is 33.4 Å². The van der Waals surface area contributed by atoms with Crippen molar-refractivity contribution in [1.29, 1.82) is 0 Å². The molecule has 5 nitrogen and oxygen atoms in total. The van der Waals surface area contributed by atoms with Gasteiger partial charge in [-0.25, -0.2) is 15.0 Å². The predicted molar refractivity (Wildman–Crippen MR) is 137 cm³/mol. The number of aromatic nitrogens is 3. The highest BCUT2D eigenvalue weighted by atomic mass is 35.5. The van der Waals surface area contributed by atoms with Gasteiger partial charge in [0.05, 0.1) is 17.7 Å². The van der Waals surface area contributed by atoms with Crippen molar-refractivity contribution in [3.8, 4) is 22.4 Å². The molecule has 0 spiro atoms. The lowest BCUT2D eigenvalue weighted by Gasteiger charge is -2.24. The van der Waals surface area contributed by atoms with Crippen LogP contribution in [-0.2, 0) is 5.41 Å². The minimum absolute atomic E-state index is 0.0159. The largest absolute Gasteiger partial charge is 0.395 e. The molecule has 1 N–H and O–H groups in total. The van der Waals surface area contributed by atoms with Crippen LogP contribution in [0.4, 0.5) is 5.82 Å². The molecule has 33 heavy (non-hydrogen) atoms. The van der Waals surface area contributed by atoms with Gasteiger partial charge in [-0.1, -0.05) is 74.3 Å². The number of aliphatic hydroxyl groups is 1. The molecule has 0 fully saturated rings. The average Bonchev–Trinajstić information content (AvgIpc) is 2.78. The second kappa shape index (κ2) is 9.26. The summed E-state index contributed by atoms with van der Waals surface area (Å²) in [6, 6.07) is 17.4. The molecule has 2 heterocycles. The molecule has 0 saturated carbocycles. The van der Waals surface area contributed by atoms with Crippen LogP contribution in [0.2, 0.25) is 10.0 Å². The monoisotopic (exact) mass is 480 g/mol. The summed E-state index contributed by atoms with van der Waals surface area (Å²) in [5.74, 6) is 1.42. The molecule has 2 aromatic carbocycles. The zero-order valence-electron chi connectivity index (χ0n) is 19.1. The molecule has 7 heteroatoms. The fraction of sp³-hybridized carbons (Fsp3) is 0.269. The fourth-order valence-electron chi connectivity index (χ4n) is 3.63. The first-order valence-corrected chi connectivity index (χ1v) is 11.5. The van der Waals surface area contributed by atoms with Crippen LogP contribution < -0.4 is 4.90 Å². The maximum atomic E-state index is 9.55. The van der Waals surface area contributed by atoms with E-state index in [1.165, 1.54) is 0 Å². The lowest BCUT2D eigenvalue weighted by atomic mass is 9.95. The normalized spacial score (nSPS) is 11.7. The Labute approximate surface area is 204 Å². The van der Waals surface area contributed by atoms with Crippen molar-refractivity contribution in [2.24, 2.45) is 0 Å². The number of nitrogens with zero attached hydrogens (tertiary/aromatic N) is 4. The van der Waals surface area contributed by atoms with Crippen LogP contribution >= 0.6 is 23.2 Å². The molecule has 0 atom stereocenters. The molecular weight excluding hydrogens is 455 g/mol. The predicted octanol–water partition coefficient (Wildman–Crippen LogP) is 6.39. The van der Waals surface area contributed by atoms with Crippen LogP contribution in [0.15, 0.2) is 54.6 Å². The molecule has 0 saturated heterocycles. The van der Waals surface area contributed by atoms with E-state index >= 15 is 0 Å². The van der Waals surface area contributed by atoms with Gasteiger partial charge in [0, 0.05) is 40.2 Å². The summed E-state index contributed by atoms with van der Waals surface area (Å²) in [5, 5.41) is 11.6. The summed E-state index contributed by atoms with van der Waals surface area (Å²) in [4.78, 5) is 16.7. The van der Waals surface area contributed by atoms with E-state index in [9.17, 15) is 5.11 Å². The number of halogens is 2. The Bertz CT molecular complexity index is 1300. The maximum Gasteiger partial charge on any atom is 0.165 e. The lowest BCUT2D eigenvalue weighted by molar-refractivity contribution is 0.304. The number of fused-ring (bicyclic) bond motifs is 1. The van der Waals surface area contributed by atoms with Crippen molar-refractivity contribution in [3.05, 3.63) is 70.5 Å². The summed E-state index contributed by atoms with van der Waals surface area (Å²) in [6.07, 6.45) is 0. The van der Waals surface area contributed by atoms with Gasteiger partial charge in [-0.15, -0.1) is 0 Å². The van der Waals surface area contributed by atoms with Gasteiger partial charge in [-0.3, -0.25) is 0 Å². The summed E-state index contributed by atoms with van der Waals surface area (Å²) in [6.45, 7) is 6.67. The van der Waals surface area contributed by atoms with Crippen molar-refractivity contribution >= 4 is 40.1 Å². The van der Waals surface area contributed by atoms with Crippen molar-refractivity contribution in [2.75, 3.05) is 25.1 Å². The molecule has 0 aliphatic carbocycles. The Balaban J connectivity index is 2.09. The van der Waals surface area contributed by atoms with Gasteiger partial charge in [0.2, 0.25) is 0 Å². The summed E-state index contributed by atoms with van der Waals surface area (Å²) in [5.41, 5.74) is 3.74. The summed E-state index contributed by atoms with van der Waals surface area (Å²) < 4.78 is 0. The third-order valence-electron chi connectivity index (χ3n) is 5.42. The van der Waals surface area contributed by atoms with Crippen LogP contribution in [-0.4, -0.2) is 40.3 Å². The molecule has 170 valence electrons. The topological polar surface area (TPSA) is 62.1 Å². The maximum absolute atomic E-state index is 9.55. The second-order valence-electron chi connectivity index (χ2n) is 9.01. The molecular formula is C26H26Cl2N4O. The van der Waals surface area contributed by atoms with E-state index in [0.717, 1.165) is 33.6 Å². The number of hydrogen-bond donors (Lipinski definition) is 1. The number of benzene rings is 2. The Hall–Kier alpha value is -2.73. The van der Waals surface area contributed by atoms with Gasteiger partial charge in [-0.05, 0) is 29.8 Å². The first kappa shape index (κ1) is 23.4. The molecule has 2 aromatic heterocycles. The molecule has 0 radical (unpaired) electrons. The van der Waals surface area contributed by atoms with Gasteiger partial charge in [-0.2, -0.15) is 0 Å². The molecule has 0 bridgehead atoms. The standard InChI is InChI=1S/C26H26Cl2N4O/c1-26(2,3)25-30-23-20(24(31-25)32(4)13-14-33)15-19(16-9-11-17(27)12-10-16)22(29-23)18-7-5-6-8-21(18)28/h5-12,15,33H,13-14H2,1-4H3. The zero-order chi connectivity index (χ0) is 23.8. The molecule has 0 amide bonds. The minimum atomic E-state index is -0.274. The molecule has 4 rings (SSSR count). The van der Waals surface area contributed by atoms with Crippen molar-refractivity contribution < 1.29 is 5.11 Å². The van der Waals surface area contributed by atoms with Gasteiger partial charge in [0.25, 0.3) is 0 Å². The smallest absolute Gasteiger partial charge is 0.165 e. The number of hydrogen-bond acceptors (Lipinski definition) is 5. The highest BCUT2D eigenvalue weighted by Gasteiger charge is 2.24. The molecule has 4 aromatic rings. The first-order valence-electron chi connectivity index (χ1n) is 10.7. The van der Waals surface area contributed by atoms with Crippen molar-refractivity contribution in [3.63, 3.8) is 0 Å². The van der Waals surface area contributed by atoms with E-state index < -0.39 is 0 Å². The molecule has 0 aliphatic heterocycles. The van der Waals surface area contributed by atoms with Crippen LogP contribution in [0.5, 0.6) is 0 Å². The lowest BCUT2D eigenvalue weighted by Crippen LogP contribution is -2.25. The van der Waals surface area contributed by atoms with Crippen molar-refractivity contribution in [1.82, 2.24) is 15.0 Å². The number of anilines is 1. The van der Waals surface area contributed by atoms with E-state index in [1.54, 1.807) is 0 Å². The van der Waals surface area contributed by atoms with Gasteiger partial charge in [0.1, 0.15) is 11.6 Å². The summed E-state index contributed by atoms with van der Waals surface area (Å²) in [7, 11) is 1.91. The SMILES string of the molecule is CN(CCO)c1nc(C(C)(C)C)nc2nc(-c3ccccc3Cl)c(-c3ccc(Cl)cc3)cc12. The van der Waals surface area contributed by atoms with Crippen LogP contribution in [0, 0.1) is 0 Å². The number of rotatable bonds is 5. The van der Waals surface area contributed by atoms with Crippen molar-refractivity contribution in [2.45, 2.75) is 26.2 Å². The van der Waals surface area contributed by atoms with Gasteiger partial charge in [0.15, 0.2) is 5.65 Å². The highest BCUT2D eigenvalue weighted by molar-refractivity contribution is 6.33. The third kappa shape index (κ3) is 4.81. The molecule has 0 aliphatic rings. The fourth-order valence-corrected chi connectivity index (χ4v) is 3.98. The average molecular weight is 481 g/mol.